The summed E-state index contributed by atoms with van der Waals surface area (Å²) in [5, 5.41) is 4.37. The van der Waals surface area contributed by atoms with Crippen LogP contribution >= 0.6 is 46.6 Å². The molecule has 1 atom stereocenters. The van der Waals surface area contributed by atoms with Crippen molar-refractivity contribution in [1.29, 1.82) is 0 Å². The Hall–Kier alpha value is -1.40. The van der Waals surface area contributed by atoms with E-state index in [1.165, 1.54) is 11.8 Å². The summed E-state index contributed by atoms with van der Waals surface area (Å²) in [5.74, 6) is -0.179. The maximum atomic E-state index is 13.1. The van der Waals surface area contributed by atoms with Crippen LogP contribution in [0.1, 0.15) is 25.8 Å². The number of halogens is 3. The van der Waals surface area contributed by atoms with Gasteiger partial charge in [-0.15, -0.1) is 11.8 Å². The summed E-state index contributed by atoms with van der Waals surface area (Å²) in [6, 6.07) is 11.9. The molecule has 1 N–H and O–H groups in total. The third-order valence-corrected chi connectivity index (χ3v) is 6.26. The zero-order valence-electron chi connectivity index (χ0n) is 16.3. The van der Waals surface area contributed by atoms with Crippen molar-refractivity contribution in [2.75, 3.05) is 12.3 Å². The molecule has 0 radical (unpaired) electrons. The van der Waals surface area contributed by atoms with Gasteiger partial charge in [0.25, 0.3) is 0 Å². The summed E-state index contributed by atoms with van der Waals surface area (Å²) in [6.07, 6.45) is 0.477. The third kappa shape index (κ3) is 6.82. The normalized spacial score (nSPS) is 11.8. The number of amides is 2. The van der Waals surface area contributed by atoms with Gasteiger partial charge in [-0.1, -0.05) is 47.8 Å². The van der Waals surface area contributed by atoms with Crippen molar-refractivity contribution < 1.29 is 9.59 Å². The maximum absolute atomic E-state index is 13.1. The molecule has 0 saturated heterocycles. The highest BCUT2D eigenvalue weighted by Crippen LogP contribution is 2.28. The molecule has 0 aromatic heterocycles. The van der Waals surface area contributed by atoms with E-state index in [-0.39, 0.29) is 24.1 Å². The summed E-state index contributed by atoms with van der Waals surface area (Å²) < 4.78 is 0. The lowest BCUT2D eigenvalue weighted by atomic mass is 10.1. The molecule has 2 aromatic carbocycles. The summed E-state index contributed by atoms with van der Waals surface area (Å²) >= 11 is 19.9. The molecule has 0 unspecified atom stereocenters. The molecule has 0 bridgehead atoms. The molecule has 0 aliphatic rings. The van der Waals surface area contributed by atoms with Crippen LogP contribution in [0.4, 0.5) is 0 Å². The number of rotatable bonds is 9. The van der Waals surface area contributed by atoms with E-state index in [0.717, 1.165) is 4.90 Å². The highest BCUT2D eigenvalue weighted by atomic mass is 35.5. The maximum Gasteiger partial charge on any atom is 0.242 e. The van der Waals surface area contributed by atoms with Gasteiger partial charge >= 0.3 is 0 Å². The van der Waals surface area contributed by atoms with Gasteiger partial charge in [0.05, 0.1) is 5.75 Å². The lowest BCUT2D eigenvalue weighted by molar-refractivity contribution is -0.139. The molecule has 2 amide bonds. The van der Waals surface area contributed by atoms with Gasteiger partial charge in [-0.3, -0.25) is 9.59 Å². The van der Waals surface area contributed by atoms with Gasteiger partial charge in [-0.05, 0) is 49.7 Å². The SMILES string of the molecule is CCNC(=O)[C@H](CC)N(Cc1c(Cl)cccc1Cl)C(=O)CSc1ccc(Cl)cc1. The van der Waals surface area contributed by atoms with Crippen LogP contribution in [0.25, 0.3) is 0 Å². The first-order valence-electron chi connectivity index (χ1n) is 9.25. The predicted octanol–water partition coefficient (Wildman–Crippen LogP) is 5.68. The summed E-state index contributed by atoms with van der Waals surface area (Å²) in [5.41, 5.74) is 0.628. The summed E-state index contributed by atoms with van der Waals surface area (Å²) in [4.78, 5) is 28.2. The molecule has 0 heterocycles. The van der Waals surface area contributed by atoms with Gasteiger partial charge in [-0.25, -0.2) is 0 Å². The average Bonchev–Trinajstić information content (AvgIpc) is 2.69. The van der Waals surface area contributed by atoms with Crippen LogP contribution in [0.3, 0.4) is 0 Å². The standard InChI is InChI=1S/C21H23Cl3N2O2S/c1-3-19(21(28)25-4-2)26(12-16-17(23)6-5-7-18(16)24)20(27)13-29-15-10-8-14(22)9-11-15/h5-11,19H,3-4,12-13H2,1-2H3,(H,25,28)/t19-/m0/s1. The second-order valence-electron chi connectivity index (χ2n) is 6.28. The minimum atomic E-state index is -0.611. The van der Waals surface area contributed by atoms with Crippen molar-refractivity contribution in [3.8, 4) is 0 Å². The van der Waals surface area contributed by atoms with Crippen molar-refractivity contribution >= 4 is 58.4 Å². The van der Waals surface area contributed by atoms with E-state index in [2.05, 4.69) is 5.32 Å². The van der Waals surface area contributed by atoms with E-state index < -0.39 is 6.04 Å². The monoisotopic (exact) mass is 472 g/mol. The first-order valence-corrected chi connectivity index (χ1v) is 11.4. The number of carbonyl (C=O) groups is 2. The third-order valence-electron chi connectivity index (χ3n) is 4.30. The van der Waals surface area contributed by atoms with Gasteiger partial charge in [0.15, 0.2) is 0 Å². The first-order chi connectivity index (χ1) is 13.9. The highest BCUT2D eigenvalue weighted by molar-refractivity contribution is 8.00. The lowest BCUT2D eigenvalue weighted by Gasteiger charge is -2.31. The zero-order chi connectivity index (χ0) is 21.4. The number of carbonyl (C=O) groups excluding carboxylic acids is 2. The van der Waals surface area contributed by atoms with Gasteiger partial charge in [-0.2, -0.15) is 0 Å². The van der Waals surface area contributed by atoms with Crippen LogP contribution in [0.15, 0.2) is 47.4 Å². The molecular weight excluding hydrogens is 451 g/mol. The number of benzene rings is 2. The number of hydrogen-bond acceptors (Lipinski definition) is 3. The fraction of sp³-hybridized carbons (Fsp3) is 0.333. The molecule has 156 valence electrons. The van der Waals surface area contributed by atoms with Crippen LogP contribution in [0.5, 0.6) is 0 Å². The van der Waals surface area contributed by atoms with Gasteiger partial charge in [0, 0.05) is 38.6 Å². The summed E-state index contributed by atoms with van der Waals surface area (Å²) in [6.45, 7) is 4.37. The van der Waals surface area contributed by atoms with Gasteiger partial charge < -0.3 is 10.2 Å². The van der Waals surface area contributed by atoms with Crippen LogP contribution in [0, 0.1) is 0 Å². The van der Waals surface area contributed by atoms with Crippen LogP contribution in [-0.4, -0.2) is 35.1 Å². The van der Waals surface area contributed by atoms with E-state index in [0.29, 0.717) is 33.6 Å². The Labute approximate surface area is 190 Å². The molecule has 0 saturated carbocycles. The number of nitrogens with zero attached hydrogens (tertiary/aromatic N) is 1. The Bertz CT molecular complexity index is 826. The zero-order valence-corrected chi connectivity index (χ0v) is 19.3. The second-order valence-corrected chi connectivity index (χ2v) is 8.58. The van der Waals surface area contributed by atoms with Crippen molar-refractivity contribution in [3.05, 3.63) is 63.1 Å². The van der Waals surface area contributed by atoms with E-state index in [9.17, 15) is 9.59 Å². The Morgan fingerprint density at radius 3 is 2.21 bits per heavy atom. The highest BCUT2D eigenvalue weighted by Gasteiger charge is 2.29. The molecule has 0 aliphatic carbocycles. The molecule has 0 spiro atoms. The van der Waals surface area contributed by atoms with Gasteiger partial charge in [0.2, 0.25) is 11.8 Å². The molecule has 2 aromatic rings. The van der Waals surface area contributed by atoms with Crippen LogP contribution < -0.4 is 5.32 Å². The molecule has 29 heavy (non-hydrogen) atoms. The largest absolute Gasteiger partial charge is 0.355 e. The Morgan fingerprint density at radius 1 is 1.03 bits per heavy atom. The van der Waals surface area contributed by atoms with Crippen molar-refractivity contribution in [2.45, 2.75) is 37.8 Å². The molecule has 0 aliphatic heterocycles. The van der Waals surface area contributed by atoms with Crippen molar-refractivity contribution in [1.82, 2.24) is 10.2 Å². The van der Waals surface area contributed by atoms with Gasteiger partial charge in [0.1, 0.15) is 6.04 Å². The molecule has 2 rings (SSSR count). The molecular formula is C21H23Cl3N2O2S. The second kappa shape index (κ2) is 11.7. The predicted molar refractivity (Wildman–Crippen MR) is 122 cm³/mol. The Balaban J connectivity index is 2.25. The number of hydrogen-bond donors (Lipinski definition) is 1. The lowest BCUT2D eigenvalue weighted by Crippen LogP contribution is -2.49. The van der Waals surface area contributed by atoms with E-state index in [1.54, 1.807) is 35.2 Å². The molecule has 0 fully saturated rings. The number of likely N-dealkylation sites (N-methyl/N-ethyl adjacent to an activating group) is 1. The number of nitrogens with one attached hydrogen (secondary N) is 1. The minimum Gasteiger partial charge on any atom is -0.355 e. The smallest absolute Gasteiger partial charge is 0.242 e. The van der Waals surface area contributed by atoms with E-state index in [4.69, 9.17) is 34.8 Å². The van der Waals surface area contributed by atoms with E-state index >= 15 is 0 Å². The average molecular weight is 474 g/mol. The Morgan fingerprint density at radius 2 is 1.66 bits per heavy atom. The fourth-order valence-electron chi connectivity index (χ4n) is 2.82. The first kappa shape index (κ1) is 23.9. The van der Waals surface area contributed by atoms with Crippen molar-refractivity contribution in [3.63, 3.8) is 0 Å². The minimum absolute atomic E-state index is 0.161. The molecule has 8 heteroatoms. The quantitative estimate of drug-likeness (QED) is 0.476. The summed E-state index contributed by atoms with van der Waals surface area (Å²) in [7, 11) is 0. The van der Waals surface area contributed by atoms with Crippen LogP contribution in [0.2, 0.25) is 15.1 Å². The fourth-order valence-corrected chi connectivity index (χ4v) is 4.25. The van der Waals surface area contributed by atoms with E-state index in [1.807, 2.05) is 26.0 Å². The Kier molecular flexibility index (Phi) is 9.63. The molecule has 4 nitrogen and oxygen atoms in total. The number of thioether (sulfide) groups is 1. The van der Waals surface area contributed by atoms with Crippen LogP contribution in [-0.2, 0) is 16.1 Å². The van der Waals surface area contributed by atoms with Crippen molar-refractivity contribution in [2.24, 2.45) is 0 Å². The topological polar surface area (TPSA) is 49.4 Å².